The first kappa shape index (κ1) is 28.1. The van der Waals surface area contributed by atoms with Gasteiger partial charge in [0.2, 0.25) is 0 Å². The highest BCUT2D eigenvalue weighted by Crippen LogP contribution is 2.18. The van der Waals surface area contributed by atoms with Gasteiger partial charge >= 0.3 is 11.9 Å². The summed E-state index contributed by atoms with van der Waals surface area (Å²) in [6, 6.07) is 9.45. The standard InChI is InChI=1S/C13H17NO5.C10H17N3S/c14-4-2-1-3-5-19-11-7-9(12(15)16)6-10(8-11)13(17)18;11-2-4-14-3-1-8-5-9(12)7-10(13)6-8/h6-8H,1-5,14H2,(H,15,16)(H,17,18);5-7H,1-4,11-13H2. The molecular formula is C23H34N4O5S. The summed E-state index contributed by atoms with van der Waals surface area (Å²) >= 11 is 1.85. The number of nitrogen functional groups attached to an aromatic ring is 2. The number of hydrogen-bond acceptors (Lipinski definition) is 8. The van der Waals surface area contributed by atoms with Crippen LogP contribution in [0.25, 0.3) is 0 Å². The fourth-order valence-electron chi connectivity index (χ4n) is 2.81. The van der Waals surface area contributed by atoms with Crippen LogP contribution < -0.4 is 27.7 Å². The Bertz CT molecular complexity index is 843. The van der Waals surface area contributed by atoms with Crippen molar-refractivity contribution in [1.29, 1.82) is 0 Å². The molecule has 0 saturated heterocycles. The summed E-state index contributed by atoms with van der Waals surface area (Å²) in [4.78, 5) is 21.8. The Morgan fingerprint density at radius 3 is 1.91 bits per heavy atom. The van der Waals surface area contributed by atoms with Crippen LogP contribution in [0, 0.1) is 0 Å². The zero-order valence-corrected chi connectivity index (χ0v) is 19.5. The van der Waals surface area contributed by atoms with E-state index in [1.165, 1.54) is 17.7 Å². The third-order valence-electron chi connectivity index (χ3n) is 4.35. The molecule has 0 aliphatic heterocycles. The molecule has 33 heavy (non-hydrogen) atoms. The minimum Gasteiger partial charge on any atom is -0.494 e. The molecule has 0 atom stereocenters. The Labute approximate surface area is 198 Å². The third-order valence-corrected chi connectivity index (χ3v) is 5.37. The quantitative estimate of drug-likeness (QED) is 0.184. The van der Waals surface area contributed by atoms with Gasteiger partial charge in [-0.05, 0) is 79.9 Å². The summed E-state index contributed by atoms with van der Waals surface area (Å²) in [5.74, 6) is -0.0325. The van der Waals surface area contributed by atoms with Crippen molar-refractivity contribution in [2.75, 3.05) is 42.7 Å². The van der Waals surface area contributed by atoms with Crippen molar-refractivity contribution in [3.63, 3.8) is 0 Å². The molecule has 0 heterocycles. The van der Waals surface area contributed by atoms with Gasteiger partial charge in [-0.1, -0.05) is 0 Å². The molecule has 0 amide bonds. The zero-order chi connectivity index (χ0) is 24.6. The molecule has 2 rings (SSSR count). The van der Waals surface area contributed by atoms with Gasteiger partial charge in [0.25, 0.3) is 0 Å². The Hall–Kier alpha value is -2.95. The third kappa shape index (κ3) is 12.0. The van der Waals surface area contributed by atoms with Gasteiger partial charge in [-0.2, -0.15) is 11.8 Å². The first-order chi connectivity index (χ1) is 15.8. The minimum atomic E-state index is -1.18. The van der Waals surface area contributed by atoms with Crippen molar-refractivity contribution in [3.8, 4) is 5.75 Å². The Morgan fingerprint density at radius 2 is 1.39 bits per heavy atom. The number of thioether (sulfide) groups is 1. The van der Waals surface area contributed by atoms with Crippen molar-refractivity contribution in [1.82, 2.24) is 0 Å². The SMILES string of the molecule is NCCCCCOc1cc(C(=O)O)cc(C(=O)O)c1.NCCSCCc1cc(N)cc(N)c1. The van der Waals surface area contributed by atoms with E-state index in [-0.39, 0.29) is 16.9 Å². The average molecular weight is 479 g/mol. The summed E-state index contributed by atoms with van der Waals surface area (Å²) in [5.41, 5.74) is 24.6. The van der Waals surface area contributed by atoms with Crippen molar-refractivity contribution in [3.05, 3.63) is 53.1 Å². The van der Waals surface area contributed by atoms with Gasteiger partial charge in [0.1, 0.15) is 5.75 Å². The molecule has 9 nitrogen and oxygen atoms in total. The summed E-state index contributed by atoms with van der Waals surface area (Å²) in [7, 11) is 0. The van der Waals surface area contributed by atoms with E-state index >= 15 is 0 Å². The number of aromatic carboxylic acids is 2. The summed E-state index contributed by atoms with van der Waals surface area (Å²) < 4.78 is 5.37. The monoisotopic (exact) mass is 478 g/mol. The highest BCUT2D eigenvalue weighted by atomic mass is 32.2. The molecule has 10 N–H and O–H groups in total. The Morgan fingerprint density at radius 1 is 0.788 bits per heavy atom. The smallest absolute Gasteiger partial charge is 0.335 e. The maximum Gasteiger partial charge on any atom is 0.335 e. The summed E-state index contributed by atoms with van der Waals surface area (Å²) in [5, 5.41) is 17.8. The van der Waals surface area contributed by atoms with E-state index in [1.54, 1.807) is 6.07 Å². The van der Waals surface area contributed by atoms with E-state index < -0.39 is 11.9 Å². The molecule has 0 radical (unpaired) electrons. The van der Waals surface area contributed by atoms with Crippen LogP contribution in [-0.2, 0) is 6.42 Å². The van der Waals surface area contributed by atoms with Crippen LogP contribution in [0.2, 0.25) is 0 Å². The molecule has 10 heteroatoms. The highest BCUT2D eigenvalue weighted by molar-refractivity contribution is 7.99. The lowest BCUT2D eigenvalue weighted by molar-refractivity contribution is 0.0696. The van der Waals surface area contributed by atoms with Crippen LogP contribution in [0.4, 0.5) is 11.4 Å². The van der Waals surface area contributed by atoms with Gasteiger partial charge in [-0.15, -0.1) is 0 Å². The van der Waals surface area contributed by atoms with Gasteiger partial charge in [0.15, 0.2) is 0 Å². The van der Waals surface area contributed by atoms with Crippen molar-refractivity contribution in [2.45, 2.75) is 25.7 Å². The van der Waals surface area contributed by atoms with E-state index in [4.69, 9.17) is 37.9 Å². The van der Waals surface area contributed by atoms with Crippen LogP contribution in [-0.4, -0.2) is 53.4 Å². The first-order valence-electron chi connectivity index (χ1n) is 10.6. The molecule has 0 saturated carbocycles. The average Bonchev–Trinajstić information content (AvgIpc) is 2.76. The van der Waals surface area contributed by atoms with Gasteiger partial charge in [0.05, 0.1) is 17.7 Å². The van der Waals surface area contributed by atoms with Crippen molar-refractivity contribution in [2.24, 2.45) is 11.5 Å². The molecule has 0 aliphatic rings. The van der Waals surface area contributed by atoms with Crippen molar-refractivity contribution < 1.29 is 24.5 Å². The second-order valence-corrected chi connectivity index (χ2v) is 8.44. The molecule has 182 valence electrons. The Kier molecular flexibility index (Phi) is 13.4. The van der Waals surface area contributed by atoms with Crippen LogP contribution in [0.1, 0.15) is 45.5 Å². The number of carboxylic acids is 2. The molecular weight excluding hydrogens is 444 g/mol. The number of ether oxygens (including phenoxy) is 1. The number of anilines is 2. The number of hydrogen-bond donors (Lipinski definition) is 6. The van der Waals surface area contributed by atoms with Gasteiger partial charge in [-0.3, -0.25) is 0 Å². The number of rotatable bonds is 13. The normalized spacial score (nSPS) is 10.2. The molecule has 0 bridgehead atoms. The van der Waals surface area contributed by atoms with E-state index in [1.807, 2.05) is 23.9 Å². The zero-order valence-electron chi connectivity index (χ0n) is 18.7. The number of nitrogens with two attached hydrogens (primary N) is 4. The molecule has 2 aromatic rings. The number of benzene rings is 2. The number of aryl methyl sites for hydroxylation is 1. The van der Waals surface area contributed by atoms with Crippen LogP contribution in [0.15, 0.2) is 36.4 Å². The van der Waals surface area contributed by atoms with Crippen LogP contribution in [0.3, 0.4) is 0 Å². The van der Waals surface area contributed by atoms with E-state index in [2.05, 4.69) is 0 Å². The fourth-order valence-corrected chi connectivity index (χ4v) is 3.56. The van der Waals surface area contributed by atoms with Gasteiger partial charge in [-0.25, -0.2) is 9.59 Å². The van der Waals surface area contributed by atoms with E-state index in [0.717, 1.165) is 61.2 Å². The van der Waals surface area contributed by atoms with E-state index in [9.17, 15) is 9.59 Å². The number of carboxylic acid groups (broad SMARTS) is 2. The fraction of sp³-hybridized carbons (Fsp3) is 0.391. The van der Waals surface area contributed by atoms with Crippen LogP contribution >= 0.6 is 11.8 Å². The molecule has 0 unspecified atom stereocenters. The van der Waals surface area contributed by atoms with Crippen LogP contribution in [0.5, 0.6) is 5.75 Å². The summed E-state index contributed by atoms with van der Waals surface area (Å²) in [6.07, 6.45) is 3.61. The van der Waals surface area contributed by atoms with Gasteiger partial charge < -0.3 is 37.9 Å². The molecule has 0 aliphatic carbocycles. The predicted molar refractivity (Wildman–Crippen MR) is 134 cm³/mol. The second kappa shape index (κ2) is 15.8. The molecule has 2 aromatic carbocycles. The molecule has 0 fully saturated rings. The highest BCUT2D eigenvalue weighted by Gasteiger charge is 2.12. The molecule has 0 aromatic heterocycles. The number of unbranched alkanes of at least 4 members (excludes halogenated alkanes) is 2. The lowest BCUT2D eigenvalue weighted by Crippen LogP contribution is -2.05. The van der Waals surface area contributed by atoms with Gasteiger partial charge in [0, 0.05) is 23.7 Å². The second-order valence-electron chi connectivity index (χ2n) is 7.21. The largest absolute Gasteiger partial charge is 0.494 e. The van der Waals surface area contributed by atoms with Crippen molar-refractivity contribution >= 4 is 35.1 Å². The maximum absolute atomic E-state index is 10.9. The topological polar surface area (TPSA) is 188 Å². The first-order valence-corrected chi connectivity index (χ1v) is 11.8. The molecule has 0 spiro atoms. The van der Waals surface area contributed by atoms with E-state index in [0.29, 0.717) is 13.2 Å². The lowest BCUT2D eigenvalue weighted by Gasteiger charge is -2.08. The maximum atomic E-state index is 10.9. The number of carbonyl (C=O) groups is 2. The minimum absolute atomic E-state index is 0.100. The lowest BCUT2D eigenvalue weighted by atomic mass is 10.1. The predicted octanol–water partition coefficient (Wildman–Crippen LogP) is 2.68. The summed E-state index contributed by atoms with van der Waals surface area (Å²) in [6.45, 7) is 1.77. The Balaban J connectivity index is 0.000000346.